The van der Waals surface area contributed by atoms with Crippen molar-refractivity contribution in [3.63, 3.8) is 0 Å². The second-order valence-corrected chi connectivity index (χ2v) is 8.95. The van der Waals surface area contributed by atoms with Crippen LogP contribution in [-0.4, -0.2) is 101 Å². The van der Waals surface area contributed by atoms with Crippen LogP contribution in [0.4, 0.5) is 5.69 Å². The third-order valence-corrected chi connectivity index (χ3v) is 6.08. The molecule has 2 fully saturated rings. The Hall–Kier alpha value is -2.32. The minimum Gasteiger partial charge on any atom is -0.379 e. The van der Waals surface area contributed by atoms with Crippen molar-refractivity contribution in [1.29, 1.82) is 0 Å². The number of amides is 1. The van der Waals surface area contributed by atoms with E-state index in [1.54, 1.807) is 19.0 Å². The number of carbonyl (C=O) groups is 1. The number of hydrogen-bond donors (Lipinski definition) is 2. The van der Waals surface area contributed by atoms with E-state index >= 15 is 0 Å². The predicted octanol–water partition coefficient (Wildman–Crippen LogP) is 1.31. The fraction of sp³-hybridized carbons (Fsp3) is 0.667. The van der Waals surface area contributed by atoms with E-state index in [9.17, 15) is 4.79 Å². The summed E-state index contributed by atoms with van der Waals surface area (Å²) in [6, 6.07) is 9.04. The summed E-state index contributed by atoms with van der Waals surface area (Å²) in [6.45, 7) is 9.81. The molecule has 2 saturated heterocycles. The molecule has 8 nitrogen and oxygen atoms in total. The van der Waals surface area contributed by atoms with Gasteiger partial charge >= 0.3 is 0 Å². The lowest BCUT2D eigenvalue weighted by molar-refractivity contribution is -0.127. The number of likely N-dealkylation sites (N-methyl/N-ethyl adjacent to an activating group) is 1. The number of nitrogens with one attached hydrogen (secondary N) is 2. The van der Waals surface area contributed by atoms with E-state index in [2.05, 4.69) is 56.6 Å². The first kappa shape index (κ1) is 24.3. The maximum absolute atomic E-state index is 12.1. The molecule has 0 radical (unpaired) electrons. The van der Waals surface area contributed by atoms with Crippen LogP contribution in [0.3, 0.4) is 0 Å². The van der Waals surface area contributed by atoms with Gasteiger partial charge in [0.1, 0.15) is 6.54 Å². The second-order valence-electron chi connectivity index (χ2n) is 8.95. The van der Waals surface area contributed by atoms with Crippen LogP contribution in [0.15, 0.2) is 29.3 Å². The van der Waals surface area contributed by atoms with Gasteiger partial charge in [0.15, 0.2) is 5.96 Å². The third-order valence-electron chi connectivity index (χ3n) is 6.08. The van der Waals surface area contributed by atoms with Gasteiger partial charge in [-0.1, -0.05) is 17.7 Å². The number of nitrogens with zero attached hydrogens (tertiary/aromatic N) is 4. The maximum atomic E-state index is 12.1. The number of guanidine groups is 1. The zero-order valence-corrected chi connectivity index (χ0v) is 20.0. The van der Waals surface area contributed by atoms with Gasteiger partial charge in [-0.3, -0.25) is 9.69 Å². The molecule has 32 heavy (non-hydrogen) atoms. The molecule has 178 valence electrons. The first-order valence-corrected chi connectivity index (χ1v) is 11.9. The van der Waals surface area contributed by atoms with Gasteiger partial charge < -0.3 is 25.2 Å². The van der Waals surface area contributed by atoms with E-state index in [1.165, 1.54) is 11.3 Å². The Bertz CT molecular complexity index is 731. The van der Waals surface area contributed by atoms with Crippen molar-refractivity contribution in [1.82, 2.24) is 20.4 Å². The van der Waals surface area contributed by atoms with Gasteiger partial charge in [-0.2, -0.15) is 0 Å². The molecule has 2 aliphatic heterocycles. The van der Waals surface area contributed by atoms with Crippen molar-refractivity contribution in [2.45, 2.75) is 32.2 Å². The largest absolute Gasteiger partial charge is 0.379 e. The third kappa shape index (κ3) is 7.98. The SMILES string of the molecule is Cc1ccc(N2CCCC(NC(=NCC(=O)N(C)C)NCCCN3CCOCC3)C2)cc1. The smallest absolute Gasteiger partial charge is 0.243 e. The molecule has 0 bridgehead atoms. The first-order valence-electron chi connectivity index (χ1n) is 11.9. The molecule has 2 aliphatic rings. The minimum atomic E-state index is 0.00402. The highest BCUT2D eigenvalue weighted by atomic mass is 16.5. The van der Waals surface area contributed by atoms with Gasteiger partial charge in [0.2, 0.25) is 5.91 Å². The Labute approximate surface area is 193 Å². The summed E-state index contributed by atoms with van der Waals surface area (Å²) in [6.07, 6.45) is 3.26. The zero-order chi connectivity index (χ0) is 22.8. The topological polar surface area (TPSA) is 72.4 Å². The zero-order valence-electron chi connectivity index (χ0n) is 20.0. The highest BCUT2D eigenvalue weighted by Crippen LogP contribution is 2.20. The van der Waals surface area contributed by atoms with Crippen LogP contribution >= 0.6 is 0 Å². The van der Waals surface area contributed by atoms with Crippen LogP contribution in [0.25, 0.3) is 0 Å². The van der Waals surface area contributed by atoms with Crippen LogP contribution in [0.1, 0.15) is 24.8 Å². The fourth-order valence-corrected chi connectivity index (χ4v) is 4.05. The average molecular weight is 445 g/mol. The van der Waals surface area contributed by atoms with Gasteiger partial charge in [-0.15, -0.1) is 0 Å². The summed E-state index contributed by atoms with van der Waals surface area (Å²) in [4.78, 5) is 23.1. The molecule has 1 aromatic carbocycles. The molecule has 2 heterocycles. The minimum absolute atomic E-state index is 0.00402. The number of benzene rings is 1. The van der Waals surface area contributed by atoms with Crippen molar-refractivity contribution in [2.75, 3.05) is 78.0 Å². The lowest BCUT2D eigenvalue weighted by Gasteiger charge is -2.35. The number of carbonyl (C=O) groups excluding carboxylic acids is 1. The first-order chi connectivity index (χ1) is 15.5. The highest BCUT2D eigenvalue weighted by molar-refractivity contribution is 5.85. The molecule has 0 spiro atoms. The van der Waals surface area contributed by atoms with Crippen LogP contribution < -0.4 is 15.5 Å². The van der Waals surface area contributed by atoms with Crippen LogP contribution in [-0.2, 0) is 9.53 Å². The molecular formula is C24H40N6O2. The Kier molecular flexibility index (Phi) is 9.62. The van der Waals surface area contributed by atoms with Gasteiger partial charge in [-0.25, -0.2) is 4.99 Å². The molecular weight excluding hydrogens is 404 g/mol. The standard InChI is InChI=1S/C24H40N6O2/c1-20-7-9-22(10-8-20)30-13-4-6-21(19-30)27-24(26-18-23(31)28(2)3)25-11-5-12-29-14-16-32-17-15-29/h7-10,21H,4-6,11-19H2,1-3H3,(H2,25,26,27). The maximum Gasteiger partial charge on any atom is 0.243 e. The van der Waals surface area contributed by atoms with Crippen molar-refractivity contribution < 1.29 is 9.53 Å². The molecule has 1 unspecified atom stereocenters. The number of rotatable bonds is 8. The Morgan fingerprint density at radius 2 is 1.94 bits per heavy atom. The summed E-state index contributed by atoms with van der Waals surface area (Å²) < 4.78 is 5.42. The number of aliphatic imine (C=N–C) groups is 1. The van der Waals surface area contributed by atoms with E-state index in [-0.39, 0.29) is 12.5 Å². The van der Waals surface area contributed by atoms with E-state index in [4.69, 9.17) is 4.74 Å². The fourth-order valence-electron chi connectivity index (χ4n) is 4.05. The predicted molar refractivity (Wildman–Crippen MR) is 130 cm³/mol. The molecule has 0 aromatic heterocycles. The molecule has 8 heteroatoms. The Balaban J connectivity index is 1.53. The van der Waals surface area contributed by atoms with Gasteiger partial charge in [0.05, 0.1) is 13.2 Å². The molecule has 0 aliphatic carbocycles. The number of morpholine rings is 1. The normalized spacial score (nSPS) is 20.2. The summed E-state index contributed by atoms with van der Waals surface area (Å²) in [5, 5.41) is 7.05. The molecule has 3 rings (SSSR count). The van der Waals surface area contributed by atoms with Crippen LogP contribution in [0.5, 0.6) is 0 Å². The summed E-state index contributed by atoms with van der Waals surface area (Å²) in [5.74, 6) is 0.738. The number of aryl methyl sites for hydroxylation is 1. The summed E-state index contributed by atoms with van der Waals surface area (Å²) in [7, 11) is 3.53. The Morgan fingerprint density at radius 3 is 2.66 bits per heavy atom. The number of ether oxygens (including phenoxy) is 1. The van der Waals surface area contributed by atoms with E-state index in [0.717, 1.165) is 77.7 Å². The van der Waals surface area contributed by atoms with Crippen molar-refractivity contribution in [2.24, 2.45) is 4.99 Å². The second kappa shape index (κ2) is 12.6. The molecule has 0 saturated carbocycles. The molecule has 1 atom stereocenters. The van der Waals surface area contributed by atoms with Crippen molar-refractivity contribution >= 4 is 17.6 Å². The number of anilines is 1. The van der Waals surface area contributed by atoms with Crippen molar-refractivity contribution in [3.05, 3.63) is 29.8 Å². The molecule has 1 aromatic rings. The molecule has 2 N–H and O–H groups in total. The van der Waals surface area contributed by atoms with Gasteiger partial charge in [-0.05, 0) is 44.9 Å². The summed E-state index contributed by atoms with van der Waals surface area (Å²) >= 11 is 0. The van der Waals surface area contributed by atoms with E-state index in [0.29, 0.717) is 6.04 Å². The van der Waals surface area contributed by atoms with Crippen LogP contribution in [0, 0.1) is 6.92 Å². The van der Waals surface area contributed by atoms with Crippen LogP contribution in [0.2, 0.25) is 0 Å². The average Bonchev–Trinajstić information content (AvgIpc) is 2.81. The quantitative estimate of drug-likeness (QED) is 0.358. The van der Waals surface area contributed by atoms with Crippen molar-refractivity contribution in [3.8, 4) is 0 Å². The monoisotopic (exact) mass is 444 g/mol. The van der Waals surface area contributed by atoms with E-state index < -0.39 is 0 Å². The molecule has 1 amide bonds. The Morgan fingerprint density at radius 1 is 1.19 bits per heavy atom. The van der Waals surface area contributed by atoms with E-state index in [1.807, 2.05) is 0 Å². The van der Waals surface area contributed by atoms with Gasteiger partial charge in [0, 0.05) is 58.5 Å². The summed E-state index contributed by atoms with van der Waals surface area (Å²) in [5.41, 5.74) is 2.54. The number of hydrogen-bond acceptors (Lipinski definition) is 5. The van der Waals surface area contributed by atoms with Gasteiger partial charge in [0.25, 0.3) is 0 Å². The number of piperidine rings is 1. The lowest BCUT2D eigenvalue weighted by Crippen LogP contribution is -2.51. The highest BCUT2D eigenvalue weighted by Gasteiger charge is 2.21. The lowest BCUT2D eigenvalue weighted by atomic mass is 10.0.